The van der Waals surface area contributed by atoms with Crippen LogP contribution in [-0.2, 0) is 19.3 Å². The number of aromatic nitrogens is 2. The van der Waals surface area contributed by atoms with Gasteiger partial charge in [0.15, 0.2) is 0 Å². The maximum atomic E-state index is 12.9. The third-order valence-corrected chi connectivity index (χ3v) is 6.21. The molecule has 0 saturated carbocycles. The molecule has 1 aliphatic rings. The first-order chi connectivity index (χ1) is 15.6. The molecule has 0 radical (unpaired) electrons. The van der Waals surface area contributed by atoms with Crippen molar-refractivity contribution in [2.45, 2.75) is 46.0 Å². The van der Waals surface area contributed by atoms with E-state index < -0.39 is 0 Å². The Balaban J connectivity index is 1.39. The Labute approximate surface area is 190 Å². The fraction of sp³-hybridized carbons (Fsp3) is 0.370. The number of nitrogens with zero attached hydrogens (tertiary/aromatic N) is 3. The van der Waals surface area contributed by atoms with E-state index in [9.17, 15) is 4.79 Å². The van der Waals surface area contributed by atoms with E-state index in [2.05, 4.69) is 46.2 Å². The average Bonchev–Trinajstić information content (AvgIpc) is 3.34. The van der Waals surface area contributed by atoms with E-state index >= 15 is 0 Å². The lowest BCUT2D eigenvalue weighted by Gasteiger charge is -2.14. The molecule has 4 rings (SSSR count). The summed E-state index contributed by atoms with van der Waals surface area (Å²) in [4.78, 5) is 24.4. The quantitative estimate of drug-likeness (QED) is 0.558. The summed E-state index contributed by atoms with van der Waals surface area (Å²) < 4.78 is 0. The van der Waals surface area contributed by atoms with E-state index in [0.717, 1.165) is 47.7 Å². The Hall–Kier alpha value is -3.05. The molecule has 1 saturated heterocycles. The third-order valence-electron chi connectivity index (χ3n) is 6.21. The second-order valence-electron chi connectivity index (χ2n) is 8.59. The molecule has 0 atom stereocenters. The lowest BCUT2D eigenvalue weighted by Crippen LogP contribution is -2.21. The van der Waals surface area contributed by atoms with Gasteiger partial charge in [-0.15, -0.1) is 0 Å². The minimum Gasteiger partial charge on any atom is -0.322 e. The Morgan fingerprint density at radius 1 is 1.06 bits per heavy atom. The molecule has 1 N–H and O–H groups in total. The summed E-state index contributed by atoms with van der Waals surface area (Å²) in [5.74, 6) is 0.689. The molecule has 32 heavy (non-hydrogen) atoms. The second-order valence-corrected chi connectivity index (χ2v) is 8.59. The monoisotopic (exact) mass is 428 g/mol. The van der Waals surface area contributed by atoms with Crippen LogP contribution in [0.15, 0.2) is 54.7 Å². The predicted molar refractivity (Wildman–Crippen MR) is 129 cm³/mol. The molecule has 3 aromatic rings. The Morgan fingerprint density at radius 2 is 1.84 bits per heavy atom. The molecule has 5 nitrogen and oxygen atoms in total. The van der Waals surface area contributed by atoms with Crippen LogP contribution in [0.2, 0.25) is 0 Å². The number of amides is 1. The molecule has 1 amide bonds. The molecule has 0 unspecified atom stereocenters. The van der Waals surface area contributed by atoms with Gasteiger partial charge < -0.3 is 10.2 Å². The maximum Gasteiger partial charge on any atom is 0.255 e. The van der Waals surface area contributed by atoms with Crippen LogP contribution in [0.4, 0.5) is 5.69 Å². The van der Waals surface area contributed by atoms with Crippen molar-refractivity contribution in [3.05, 3.63) is 88.5 Å². The fourth-order valence-corrected chi connectivity index (χ4v) is 4.15. The molecule has 0 spiro atoms. The molecule has 5 heteroatoms. The molecule has 0 bridgehead atoms. The van der Waals surface area contributed by atoms with Gasteiger partial charge in [0.1, 0.15) is 5.82 Å². The first-order valence-electron chi connectivity index (χ1n) is 11.6. The van der Waals surface area contributed by atoms with Crippen LogP contribution in [0.3, 0.4) is 0 Å². The van der Waals surface area contributed by atoms with E-state index in [1.54, 1.807) is 0 Å². The van der Waals surface area contributed by atoms with E-state index in [1.165, 1.54) is 31.5 Å². The van der Waals surface area contributed by atoms with E-state index in [-0.39, 0.29) is 5.91 Å². The SMILES string of the molecule is CCc1ccnc(Cc2cc(C(=O)Nc3ccc(CCN4CCCC4)cc3)ccc2C)n1. The molecule has 2 aromatic carbocycles. The van der Waals surface area contributed by atoms with Crippen LogP contribution in [-0.4, -0.2) is 40.4 Å². The molecule has 0 aliphatic carbocycles. The Morgan fingerprint density at radius 3 is 2.59 bits per heavy atom. The van der Waals surface area contributed by atoms with Crippen molar-refractivity contribution in [1.29, 1.82) is 0 Å². The standard InChI is InChI=1S/C27H32N4O/c1-3-24-12-14-28-26(29-24)19-23-18-22(9-6-20(23)2)27(32)30-25-10-7-21(8-11-25)13-17-31-15-4-5-16-31/h6-12,14,18H,3-5,13,15-17,19H2,1-2H3,(H,30,32). The average molecular weight is 429 g/mol. The smallest absolute Gasteiger partial charge is 0.255 e. The Kier molecular flexibility index (Phi) is 7.28. The zero-order valence-electron chi connectivity index (χ0n) is 19.1. The largest absolute Gasteiger partial charge is 0.322 e. The van der Waals surface area contributed by atoms with Gasteiger partial charge in [-0.25, -0.2) is 9.97 Å². The first kappa shape index (κ1) is 22.2. The second kappa shape index (κ2) is 10.5. The minimum absolute atomic E-state index is 0.0979. The minimum atomic E-state index is -0.0979. The molecule has 1 fully saturated rings. The van der Waals surface area contributed by atoms with Crippen molar-refractivity contribution in [2.75, 3.05) is 25.0 Å². The summed E-state index contributed by atoms with van der Waals surface area (Å²) in [6.07, 6.45) is 7.01. The number of nitrogens with one attached hydrogen (secondary N) is 1. The number of likely N-dealkylation sites (tertiary alicyclic amines) is 1. The van der Waals surface area contributed by atoms with E-state index in [4.69, 9.17) is 0 Å². The summed E-state index contributed by atoms with van der Waals surface area (Å²) in [6.45, 7) is 7.71. The van der Waals surface area contributed by atoms with Gasteiger partial charge in [0.05, 0.1) is 0 Å². The molecule has 166 valence electrons. The van der Waals surface area contributed by atoms with Crippen molar-refractivity contribution in [2.24, 2.45) is 0 Å². The Bertz CT molecular complexity index is 1060. The number of hydrogen-bond donors (Lipinski definition) is 1. The molecule has 2 heterocycles. The number of aryl methyl sites for hydroxylation is 2. The molecular weight excluding hydrogens is 396 g/mol. The normalized spacial score (nSPS) is 13.9. The highest BCUT2D eigenvalue weighted by atomic mass is 16.1. The van der Waals surface area contributed by atoms with Gasteiger partial charge >= 0.3 is 0 Å². The van der Waals surface area contributed by atoms with E-state index in [0.29, 0.717) is 12.0 Å². The summed E-state index contributed by atoms with van der Waals surface area (Å²) >= 11 is 0. The predicted octanol–water partition coefficient (Wildman–Crippen LogP) is 4.83. The van der Waals surface area contributed by atoms with Crippen molar-refractivity contribution < 1.29 is 4.79 Å². The van der Waals surface area contributed by atoms with Crippen LogP contribution in [0.25, 0.3) is 0 Å². The van der Waals surface area contributed by atoms with Crippen molar-refractivity contribution in [3.63, 3.8) is 0 Å². The van der Waals surface area contributed by atoms with E-state index in [1.807, 2.05) is 42.6 Å². The number of carbonyl (C=O) groups is 1. The summed E-state index contributed by atoms with van der Waals surface area (Å²) in [6, 6.07) is 16.0. The van der Waals surface area contributed by atoms with Gasteiger partial charge in [-0.2, -0.15) is 0 Å². The zero-order valence-corrected chi connectivity index (χ0v) is 19.1. The van der Waals surface area contributed by atoms with Gasteiger partial charge in [0.2, 0.25) is 0 Å². The fourth-order valence-electron chi connectivity index (χ4n) is 4.15. The van der Waals surface area contributed by atoms with Crippen molar-refractivity contribution >= 4 is 11.6 Å². The highest BCUT2D eigenvalue weighted by molar-refractivity contribution is 6.04. The summed E-state index contributed by atoms with van der Waals surface area (Å²) in [5, 5.41) is 3.03. The molecule has 1 aromatic heterocycles. The van der Waals surface area contributed by atoms with Gasteiger partial charge in [-0.1, -0.05) is 25.1 Å². The first-order valence-corrected chi connectivity index (χ1v) is 11.6. The lowest BCUT2D eigenvalue weighted by atomic mass is 10.0. The highest BCUT2D eigenvalue weighted by Crippen LogP contribution is 2.17. The van der Waals surface area contributed by atoms with Crippen LogP contribution in [0, 0.1) is 6.92 Å². The van der Waals surface area contributed by atoms with Gasteiger partial charge in [-0.3, -0.25) is 4.79 Å². The zero-order chi connectivity index (χ0) is 22.3. The number of hydrogen-bond acceptors (Lipinski definition) is 4. The summed E-state index contributed by atoms with van der Waals surface area (Å²) in [7, 11) is 0. The van der Waals surface area contributed by atoms with Crippen molar-refractivity contribution in [1.82, 2.24) is 14.9 Å². The molecule has 1 aliphatic heterocycles. The van der Waals surface area contributed by atoms with Crippen LogP contribution >= 0.6 is 0 Å². The number of carbonyl (C=O) groups excluding carboxylic acids is 1. The van der Waals surface area contributed by atoms with Gasteiger partial charge in [0, 0.05) is 36.1 Å². The number of anilines is 1. The molecular formula is C27H32N4O. The number of benzene rings is 2. The van der Waals surface area contributed by atoms with Crippen LogP contribution in [0.5, 0.6) is 0 Å². The van der Waals surface area contributed by atoms with Crippen LogP contribution in [0.1, 0.15) is 58.3 Å². The van der Waals surface area contributed by atoms with Crippen LogP contribution < -0.4 is 5.32 Å². The number of rotatable bonds is 8. The topological polar surface area (TPSA) is 58.1 Å². The summed E-state index contributed by atoms with van der Waals surface area (Å²) in [5.41, 5.74) is 6.02. The van der Waals surface area contributed by atoms with Gasteiger partial charge in [-0.05, 0) is 92.7 Å². The van der Waals surface area contributed by atoms with Crippen molar-refractivity contribution in [3.8, 4) is 0 Å². The highest BCUT2D eigenvalue weighted by Gasteiger charge is 2.12. The third kappa shape index (κ3) is 5.80. The van der Waals surface area contributed by atoms with Gasteiger partial charge in [0.25, 0.3) is 5.91 Å². The lowest BCUT2D eigenvalue weighted by molar-refractivity contribution is 0.102. The maximum absolute atomic E-state index is 12.9.